The molecule has 1 atom stereocenters. The first kappa shape index (κ1) is 11.3. The third-order valence-electron chi connectivity index (χ3n) is 1.73. The second-order valence-corrected chi connectivity index (χ2v) is 3.49. The standard InChI is InChI=1S/C10H13ClO3/c1-7-2-3-10(9(11)4-7)14-6-8(13)5-12/h2-4,8,12-13H,5-6H2,1H3/t8-/m1/s1. The molecular formula is C10H13ClO3. The molecule has 0 radical (unpaired) electrons. The molecule has 0 fully saturated rings. The molecule has 4 heteroatoms. The number of aliphatic hydroxyl groups is 2. The van der Waals surface area contributed by atoms with Crippen LogP contribution >= 0.6 is 11.6 Å². The molecule has 1 aromatic carbocycles. The van der Waals surface area contributed by atoms with Crippen molar-refractivity contribution in [2.75, 3.05) is 13.2 Å². The summed E-state index contributed by atoms with van der Waals surface area (Å²) in [5.74, 6) is 0.518. The number of aryl methyl sites for hydroxylation is 1. The first-order valence-electron chi connectivity index (χ1n) is 4.31. The van der Waals surface area contributed by atoms with E-state index >= 15 is 0 Å². The van der Waals surface area contributed by atoms with Gasteiger partial charge >= 0.3 is 0 Å². The van der Waals surface area contributed by atoms with Gasteiger partial charge in [-0.2, -0.15) is 0 Å². The van der Waals surface area contributed by atoms with Crippen LogP contribution in [0.5, 0.6) is 5.75 Å². The van der Waals surface area contributed by atoms with Crippen LogP contribution in [0, 0.1) is 6.92 Å². The minimum atomic E-state index is -0.868. The quantitative estimate of drug-likeness (QED) is 0.800. The number of benzene rings is 1. The van der Waals surface area contributed by atoms with Crippen LogP contribution in [0.25, 0.3) is 0 Å². The first-order chi connectivity index (χ1) is 6.63. The van der Waals surface area contributed by atoms with Crippen LogP contribution in [0.3, 0.4) is 0 Å². The second-order valence-electron chi connectivity index (χ2n) is 3.08. The summed E-state index contributed by atoms with van der Waals surface area (Å²) < 4.78 is 5.20. The predicted octanol–water partition coefficient (Wildman–Crippen LogP) is 1.38. The summed E-state index contributed by atoms with van der Waals surface area (Å²) in [5, 5.41) is 18.1. The van der Waals surface area contributed by atoms with Gasteiger partial charge in [0, 0.05) is 0 Å². The normalized spacial score (nSPS) is 12.6. The lowest BCUT2D eigenvalue weighted by molar-refractivity contribution is 0.0536. The molecule has 0 bridgehead atoms. The second kappa shape index (κ2) is 5.20. The van der Waals surface area contributed by atoms with E-state index in [-0.39, 0.29) is 13.2 Å². The molecule has 0 aliphatic rings. The Hall–Kier alpha value is -0.770. The minimum Gasteiger partial charge on any atom is -0.489 e. The summed E-state index contributed by atoms with van der Waals surface area (Å²) in [5.41, 5.74) is 1.05. The summed E-state index contributed by atoms with van der Waals surface area (Å²) in [6.45, 7) is 1.65. The molecule has 0 aliphatic carbocycles. The van der Waals surface area contributed by atoms with Crippen molar-refractivity contribution < 1.29 is 14.9 Å². The zero-order valence-electron chi connectivity index (χ0n) is 7.90. The molecule has 0 spiro atoms. The molecule has 3 nitrogen and oxygen atoms in total. The molecule has 0 amide bonds. The van der Waals surface area contributed by atoms with Gasteiger partial charge in [0.05, 0.1) is 11.6 Å². The van der Waals surface area contributed by atoms with Crippen molar-refractivity contribution in [3.05, 3.63) is 28.8 Å². The van der Waals surface area contributed by atoms with E-state index < -0.39 is 6.10 Å². The highest BCUT2D eigenvalue weighted by Gasteiger charge is 2.05. The van der Waals surface area contributed by atoms with Crippen LogP contribution in [-0.2, 0) is 0 Å². The lowest BCUT2D eigenvalue weighted by atomic mass is 10.2. The maximum absolute atomic E-state index is 9.05. The van der Waals surface area contributed by atoms with E-state index in [2.05, 4.69) is 0 Å². The Bertz CT molecular complexity index is 301. The van der Waals surface area contributed by atoms with E-state index in [1.165, 1.54) is 0 Å². The average molecular weight is 217 g/mol. The Morgan fingerprint density at radius 2 is 2.21 bits per heavy atom. The molecule has 0 aromatic heterocycles. The summed E-state index contributed by atoms with van der Waals surface area (Å²) in [4.78, 5) is 0. The van der Waals surface area contributed by atoms with E-state index in [1.807, 2.05) is 13.0 Å². The van der Waals surface area contributed by atoms with Gasteiger partial charge in [0.2, 0.25) is 0 Å². The van der Waals surface area contributed by atoms with E-state index in [0.717, 1.165) is 5.56 Å². The number of halogens is 1. The highest BCUT2D eigenvalue weighted by atomic mass is 35.5. The lowest BCUT2D eigenvalue weighted by Crippen LogP contribution is -2.21. The Labute approximate surface area is 87.9 Å². The van der Waals surface area contributed by atoms with Gasteiger partial charge in [-0.25, -0.2) is 0 Å². The van der Waals surface area contributed by atoms with Crippen molar-refractivity contribution in [2.45, 2.75) is 13.0 Å². The SMILES string of the molecule is Cc1ccc(OC[C@H](O)CO)c(Cl)c1. The molecule has 14 heavy (non-hydrogen) atoms. The zero-order valence-corrected chi connectivity index (χ0v) is 8.66. The molecule has 0 saturated carbocycles. The fourth-order valence-corrected chi connectivity index (χ4v) is 1.25. The van der Waals surface area contributed by atoms with Gasteiger partial charge in [0.25, 0.3) is 0 Å². The number of hydrogen-bond donors (Lipinski definition) is 2. The van der Waals surface area contributed by atoms with Crippen LogP contribution in [-0.4, -0.2) is 29.5 Å². The van der Waals surface area contributed by atoms with E-state index in [0.29, 0.717) is 10.8 Å². The van der Waals surface area contributed by atoms with Gasteiger partial charge in [0.1, 0.15) is 18.5 Å². The Balaban J connectivity index is 2.59. The molecule has 1 rings (SSSR count). The van der Waals surface area contributed by atoms with Crippen LogP contribution in [0.15, 0.2) is 18.2 Å². The molecule has 0 saturated heterocycles. The Kier molecular flexibility index (Phi) is 4.20. The highest BCUT2D eigenvalue weighted by molar-refractivity contribution is 6.32. The minimum absolute atomic E-state index is 0.0410. The lowest BCUT2D eigenvalue weighted by Gasteiger charge is -2.11. The summed E-state index contributed by atoms with van der Waals surface area (Å²) >= 11 is 5.89. The fourth-order valence-electron chi connectivity index (χ4n) is 0.962. The smallest absolute Gasteiger partial charge is 0.138 e. The molecule has 0 heterocycles. The van der Waals surface area contributed by atoms with E-state index in [1.54, 1.807) is 12.1 Å². The van der Waals surface area contributed by atoms with Gasteiger partial charge in [-0.3, -0.25) is 0 Å². The third-order valence-corrected chi connectivity index (χ3v) is 2.02. The van der Waals surface area contributed by atoms with Gasteiger partial charge in [0.15, 0.2) is 0 Å². The molecular weight excluding hydrogens is 204 g/mol. The first-order valence-corrected chi connectivity index (χ1v) is 4.69. The summed E-state index contributed by atoms with van der Waals surface area (Å²) in [6.07, 6.45) is -0.868. The predicted molar refractivity (Wildman–Crippen MR) is 54.8 cm³/mol. The Morgan fingerprint density at radius 1 is 1.50 bits per heavy atom. The Morgan fingerprint density at radius 3 is 2.79 bits per heavy atom. The molecule has 0 aliphatic heterocycles. The van der Waals surface area contributed by atoms with Crippen molar-refractivity contribution in [1.82, 2.24) is 0 Å². The van der Waals surface area contributed by atoms with Crippen molar-refractivity contribution in [2.24, 2.45) is 0 Å². The van der Waals surface area contributed by atoms with E-state index in [9.17, 15) is 0 Å². The van der Waals surface area contributed by atoms with E-state index in [4.69, 9.17) is 26.6 Å². The summed E-state index contributed by atoms with van der Waals surface area (Å²) in [7, 11) is 0. The molecule has 78 valence electrons. The number of aliphatic hydroxyl groups excluding tert-OH is 2. The molecule has 0 unspecified atom stereocenters. The summed E-state index contributed by atoms with van der Waals surface area (Å²) in [6, 6.07) is 5.39. The van der Waals surface area contributed by atoms with Gasteiger partial charge in [-0.1, -0.05) is 17.7 Å². The van der Waals surface area contributed by atoms with Crippen molar-refractivity contribution in [1.29, 1.82) is 0 Å². The molecule has 2 N–H and O–H groups in total. The largest absolute Gasteiger partial charge is 0.489 e. The molecule has 1 aromatic rings. The number of hydrogen-bond acceptors (Lipinski definition) is 3. The van der Waals surface area contributed by atoms with Gasteiger partial charge in [-0.15, -0.1) is 0 Å². The zero-order chi connectivity index (χ0) is 10.6. The van der Waals surface area contributed by atoms with Crippen LogP contribution in [0.2, 0.25) is 5.02 Å². The van der Waals surface area contributed by atoms with Gasteiger partial charge in [-0.05, 0) is 24.6 Å². The van der Waals surface area contributed by atoms with Crippen molar-refractivity contribution in [3.63, 3.8) is 0 Å². The van der Waals surface area contributed by atoms with Crippen LogP contribution in [0.4, 0.5) is 0 Å². The number of ether oxygens (including phenoxy) is 1. The third kappa shape index (κ3) is 3.18. The average Bonchev–Trinajstić information content (AvgIpc) is 2.16. The van der Waals surface area contributed by atoms with Gasteiger partial charge < -0.3 is 14.9 Å². The monoisotopic (exact) mass is 216 g/mol. The number of rotatable bonds is 4. The van der Waals surface area contributed by atoms with Crippen molar-refractivity contribution >= 4 is 11.6 Å². The maximum atomic E-state index is 9.05. The highest BCUT2D eigenvalue weighted by Crippen LogP contribution is 2.25. The van der Waals surface area contributed by atoms with Crippen molar-refractivity contribution in [3.8, 4) is 5.75 Å². The van der Waals surface area contributed by atoms with Crippen LogP contribution in [0.1, 0.15) is 5.56 Å². The fraction of sp³-hybridized carbons (Fsp3) is 0.400. The maximum Gasteiger partial charge on any atom is 0.138 e. The van der Waals surface area contributed by atoms with Crippen LogP contribution < -0.4 is 4.74 Å². The topological polar surface area (TPSA) is 49.7 Å².